The van der Waals surface area contributed by atoms with Crippen LogP contribution < -0.4 is 15.5 Å². The standard InChI is InChI=1S/C18H32N6O/c1-6-19-18(21-12-10-17(25)24(7-2)8-3)22-14-15-9-11-20-16(13-15)23(4)5/h9,11,13H,6-8,10,12,14H2,1-5H3,(H2,19,21,22). The molecule has 1 amide bonds. The van der Waals surface area contributed by atoms with E-state index in [1.54, 1.807) is 6.20 Å². The van der Waals surface area contributed by atoms with E-state index in [1.165, 1.54) is 0 Å². The maximum absolute atomic E-state index is 12.0. The molecule has 0 saturated heterocycles. The Bertz CT molecular complexity index is 554. The van der Waals surface area contributed by atoms with Crippen molar-refractivity contribution in [2.45, 2.75) is 33.7 Å². The average molecular weight is 348 g/mol. The number of hydrogen-bond donors (Lipinski definition) is 2. The van der Waals surface area contributed by atoms with Gasteiger partial charge in [-0.3, -0.25) is 4.79 Å². The van der Waals surface area contributed by atoms with Gasteiger partial charge in [-0.05, 0) is 38.5 Å². The minimum absolute atomic E-state index is 0.165. The second kappa shape index (κ2) is 11.3. The van der Waals surface area contributed by atoms with Crippen molar-refractivity contribution in [3.8, 4) is 0 Å². The summed E-state index contributed by atoms with van der Waals surface area (Å²) in [6.07, 6.45) is 2.26. The van der Waals surface area contributed by atoms with E-state index in [2.05, 4.69) is 20.6 Å². The molecular weight excluding hydrogens is 316 g/mol. The molecule has 0 bridgehead atoms. The summed E-state index contributed by atoms with van der Waals surface area (Å²) in [4.78, 5) is 24.7. The fourth-order valence-corrected chi connectivity index (χ4v) is 2.34. The number of carbonyl (C=O) groups excluding carboxylic acids is 1. The van der Waals surface area contributed by atoms with Gasteiger partial charge in [0.2, 0.25) is 5.91 Å². The molecule has 0 aliphatic carbocycles. The van der Waals surface area contributed by atoms with Crippen molar-refractivity contribution in [1.29, 1.82) is 0 Å². The Balaban J connectivity index is 2.59. The summed E-state index contributed by atoms with van der Waals surface area (Å²) in [5.74, 6) is 1.80. The summed E-state index contributed by atoms with van der Waals surface area (Å²) in [6, 6.07) is 3.99. The molecule has 0 aliphatic rings. The maximum Gasteiger partial charge on any atom is 0.224 e. The molecule has 0 unspecified atom stereocenters. The molecule has 0 saturated carbocycles. The number of pyridine rings is 1. The van der Waals surface area contributed by atoms with Crippen LogP contribution in [0.15, 0.2) is 23.3 Å². The lowest BCUT2D eigenvalue weighted by atomic mass is 10.2. The molecule has 1 aromatic rings. The minimum atomic E-state index is 0.165. The Morgan fingerprint density at radius 2 is 1.92 bits per heavy atom. The van der Waals surface area contributed by atoms with Crippen molar-refractivity contribution in [2.24, 2.45) is 4.99 Å². The number of nitrogens with zero attached hydrogens (tertiary/aromatic N) is 4. The van der Waals surface area contributed by atoms with Crippen molar-refractivity contribution >= 4 is 17.7 Å². The van der Waals surface area contributed by atoms with Gasteiger partial charge in [-0.15, -0.1) is 0 Å². The predicted octanol–water partition coefficient (Wildman–Crippen LogP) is 1.46. The van der Waals surface area contributed by atoms with Crippen LogP contribution in [-0.4, -0.2) is 62.0 Å². The van der Waals surface area contributed by atoms with E-state index in [4.69, 9.17) is 0 Å². The van der Waals surface area contributed by atoms with Crippen LogP contribution in [-0.2, 0) is 11.3 Å². The zero-order valence-electron chi connectivity index (χ0n) is 16.2. The van der Waals surface area contributed by atoms with E-state index in [-0.39, 0.29) is 5.91 Å². The van der Waals surface area contributed by atoms with E-state index in [0.29, 0.717) is 19.5 Å². The zero-order valence-corrected chi connectivity index (χ0v) is 16.2. The summed E-state index contributed by atoms with van der Waals surface area (Å²) in [7, 11) is 3.93. The third kappa shape index (κ3) is 7.41. The number of aliphatic imine (C=N–C) groups is 1. The van der Waals surface area contributed by atoms with Crippen molar-refractivity contribution in [3.63, 3.8) is 0 Å². The quantitative estimate of drug-likeness (QED) is 0.522. The Kier molecular flexibility index (Phi) is 9.36. The third-order valence-corrected chi connectivity index (χ3v) is 3.78. The molecule has 0 fully saturated rings. The molecule has 0 atom stereocenters. The molecule has 7 heteroatoms. The van der Waals surface area contributed by atoms with E-state index in [1.807, 2.05) is 56.8 Å². The van der Waals surface area contributed by atoms with Gasteiger partial charge in [0.05, 0.1) is 6.54 Å². The van der Waals surface area contributed by atoms with E-state index < -0.39 is 0 Å². The second-order valence-electron chi connectivity index (χ2n) is 5.85. The van der Waals surface area contributed by atoms with Gasteiger partial charge >= 0.3 is 0 Å². The molecule has 1 rings (SSSR count). The normalized spacial score (nSPS) is 11.2. The van der Waals surface area contributed by atoms with Gasteiger partial charge in [0.25, 0.3) is 0 Å². The topological polar surface area (TPSA) is 72.9 Å². The van der Waals surface area contributed by atoms with E-state index >= 15 is 0 Å². The van der Waals surface area contributed by atoms with Crippen LogP contribution in [0.4, 0.5) is 5.82 Å². The minimum Gasteiger partial charge on any atom is -0.363 e. The first-order valence-electron chi connectivity index (χ1n) is 8.93. The molecule has 1 heterocycles. The fraction of sp³-hybridized carbons (Fsp3) is 0.611. The summed E-state index contributed by atoms with van der Waals surface area (Å²) in [6.45, 7) is 9.42. The van der Waals surface area contributed by atoms with Crippen molar-refractivity contribution in [3.05, 3.63) is 23.9 Å². The van der Waals surface area contributed by atoms with Crippen LogP contribution in [0.3, 0.4) is 0 Å². The summed E-state index contributed by atoms with van der Waals surface area (Å²) in [5.41, 5.74) is 1.09. The summed E-state index contributed by atoms with van der Waals surface area (Å²) >= 11 is 0. The molecule has 0 spiro atoms. The Morgan fingerprint density at radius 1 is 1.20 bits per heavy atom. The Labute approximate surface area is 151 Å². The van der Waals surface area contributed by atoms with Crippen LogP contribution in [0.5, 0.6) is 0 Å². The lowest BCUT2D eigenvalue weighted by molar-refractivity contribution is -0.130. The molecule has 7 nitrogen and oxygen atoms in total. The first kappa shape index (κ1) is 20.7. The molecule has 0 aromatic carbocycles. The second-order valence-corrected chi connectivity index (χ2v) is 5.85. The van der Waals surface area contributed by atoms with Gasteiger partial charge in [-0.2, -0.15) is 0 Å². The number of anilines is 1. The summed E-state index contributed by atoms with van der Waals surface area (Å²) in [5, 5.41) is 6.44. The SMILES string of the molecule is CCNC(=NCc1ccnc(N(C)C)c1)NCCC(=O)N(CC)CC. The van der Waals surface area contributed by atoms with Crippen LogP contribution in [0.1, 0.15) is 32.8 Å². The lowest BCUT2D eigenvalue weighted by Gasteiger charge is -2.19. The number of amides is 1. The monoisotopic (exact) mass is 348 g/mol. The van der Waals surface area contributed by atoms with Crippen LogP contribution in [0.25, 0.3) is 0 Å². The van der Waals surface area contributed by atoms with Gasteiger partial charge in [-0.1, -0.05) is 0 Å². The number of nitrogens with one attached hydrogen (secondary N) is 2. The molecule has 2 N–H and O–H groups in total. The highest BCUT2D eigenvalue weighted by atomic mass is 16.2. The predicted molar refractivity (Wildman–Crippen MR) is 104 cm³/mol. The van der Waals surface area contributed by atoms with Gasteiger partial charge in [-0.25, -0.2) is 9.98 Å². The first-order chi connectivity index (χ1) is 12.0. The number of guanidine groups is 1. The zero-order chi connectivity index (χ0) is 18.7. The van der Waals surface area contributed by atoms with E-state index in [9.17, 15) is 4.79 Å². The number of rotatable bonds is 9. The molecular formula is C18H32N6O. The third-order valence-electron chi connectivity index (χ3n) is 3.78. The highest BCUT2D eigenvalue weighted by molar-refractivity contribution is 5.81. The van der Waals surface area contributed by atoms with Crippen LogP contribution >= 0.6 is 0 Å². The largest absolute Gasteiger partial charge is 0.363 e. The molecule has 0 aliphatic heterocycles. The van der Waals surface area contributed by atoms with Crippen LogP contribution in [0.2, 0.25) is 0 Å². The lowest BCUT2D eigenvalue weighted by Crippen LogP contribution is -2.40. The highest BCUT2D eigenvalue weighted by Crippen LogP contribution is 2.10. The first-order valence-corrected chi connectivity index (χ1v) is 8.93. The van der Waals surface area contributed by atoms with Gasteiger partial charge < -0.3 is 20.4 Å². The maximum atomic E-state index is 12.0. The summed E-state index contributed by atoms with van der Waals surface area (Å²) < 4.78 is 0. The van der Waals surface area contributed by atoms with Crippen molar-refractivity contribution in [1.82, 2.24) is 20.5 Å². The molecule has 25 heavy (non-hydrogen) atoms. The van der Waals surface area contributed by atoms with Gasteiger partial charge in [0.15, 0.2) is 5.96 Å². The molecule has 1 aromatic heterocycles. The van der Waals surface area contributed by atoms with Crippen molar-refractivity contribution in [2.75, 3.05) is 45.2 Å². The number of aromatic nitrogens is 1. The average Bonchev–Trinajstić information content (AvgIpc) is 2.61. The van der Waals surface area contributed by atoms with Crippen LogP contribution in [0, 0.1) is 0 Å². The Morgan fingerprint density at radius 3 is 2.52 bits per heavy atom. The molecule has 0 radical (unpaired) electrons. The number of carbonyl (C=O) groups is 1. The smallest absolute Gasteiger partial charge is 0.224 e. The fourth-order valence-electron chi connectivity index (χ4n) is 2.34. The van der Waals surface area contributed by atoms with E-state index in [0.717, 1.165) is 37.0 Å². The molecule has 140 valence electrons. The highest BCUT2D eigenvalue weighted by Gasteiger charge is 2.09. The van der Waals surface area contributed by atoms with Gasteiger partial charge in [0.1, 0.15) is 5.82 Å². The van der Waals surface area contributed by atoms with Crippen molar-refractivity contribution < 1.29 is 4.79 Å². The number of hydrogen-bond acceptors (Lipinski definition) is 4. The Hall–Kier alpha value is -2.31. The van der Waals surface area contributed by atoms with Gasteiger partial charge in [0, 0.05) is 52.9 Å².